The maximum atomic E-state index is 14.7. The van der Waals surface area contributed by atoms with Crippen molar-refractivity contribution < 1.29 is 42.5 Å². The van der Waals surface area contributed by atoms with Crippen LogP contribution in [-0.4, -0.2) is 208 Å². The smallest absolute Gasteiger partial charge is 0.275 e. The van der Waals surface area contributed by atoms with Gasteiger partial charge in [0, 0.05) is 106 Å². The molecule has 1 aromatic carbocycles. The third kappa shape index (κ3) is 16.0. The normalized spacial score (nSPS) is 22.8. The van der Waals surface area contributed by atoms with Crippen LogP contribution in [0.25, 0.3) is 28.6 Å². The van der Waals surface area contributed by atoms with Crippen LogP contribution in [0.3, 0.4) is 0 Å². The van der Waals surface area contributed by atoms with Gasteiger partial charge in [-0.15, -0.1) is 14.4 Å². The zero-order chi connectivity index (χ0) is 79.7. The summed E-state index contributed by atoms with van der Waals surface area (Å²) < 4.78 is 39.2. The van der Waals surface area contributed by atoms with Crippen LogP contribution in [-0.2, 0) is 0 Å². The third-order valence-corrected chi connectivity index (χ3v) is 22.7. The lowest BCUT2D eigenvalue weighted by Crippen LogP contribution is -2.47. The Kier molecular flexibility index (Phi) is 21.3. The molecular weight excluding hydrogens is 1480 g/mol. The number of likely N-dealkylation sites (tertiary alicyclic amines) is 4. The highest BCUT2D eigenvalue weighted by Crippen LogP contribution is 2.45. The van der Waals surface area contributed by atoms with Crippen LogP contribution in [0.1, 0.15) is 127 Å². The molecule has 8 fully saturated rings. The van der Waals surface area contributed by atoms with E-state index < -0.39 is 5.82 Å². The van der Waals surface area contributed by atoms with Crippen molar-refractivity contribution in [3.63, 3.8) is 0 Å². The number of aromatic nitrogens is 18. The van der Waals surface area contributed by atoms with Crippen LogP contribution in [0, 0.1) is 71.0 Å². The highest BCUT2D eigenvalue weighted by Gasteiger charge is 2.53. The Morgan fingerprint density at radius 1 is 0.353 bits per heavy atom. The summed E-state index contributed by atoms with van der Waals surface area (Å²) in [5, 5.41) is 25.0. The number of pyridine rings is 7. The number of carbonyl (C=O) groups excluding carboxylic acids is 4. The summed E-state index contributed by atoms with van der Waals surface area (Å²) >= 11 is 0. The molecule has 0 radical (unpaired) electrons. The van der Waals surface area contributed by atoms with E-state index in [1.54, 1.807) is 117 Å². The maximum absolute atomic E-state index is 14.7. The molecule has 0 spiro atoms. The Morgan fingerprint density at radius 3 is 1.16 bits per heavy atom. The summed E-state index contributed by atoms with van der Waals surface area (Å²) in [6.45, 7) is 14.6. The fraction of sp³-hybridized carbons (Fsp3) is 0.353. The molecule has 4 saturated heterocycles. The summed E-state index contributed by atoms with van der Waals surface area (Å²) in [6.07, 6.45) is 30.3. The molecule has 31 heteroatoms. The molecule has 4 amide bonds. The highest BCUT2D eigenvalue weighted by atomic mass is 19.1. The lowest BCUT2D eigenvalue weighted by Gasteiger charge is -2.33. The van der Waals surface area contributed by atoms with Crippen molar-refractivity contribution >= 4 is 23.6 Å². The van der Waals surface area contributed by atoms with E-state index in [4.69, 9.17) is 18.9 Å². The third-order valence-electron chi connectivity index (χ3n) is 22.7. The molecule has 12 atom stereocenters. The minimum absolute atomic E-state index is 0.0251. The van der Waals surface area contributed by atoms with E-state index in [0.29, 0.717) is 87.9 Å². The van der Waals surface area contributed by atoms with E-state index in [1.165, 1.54) is 20.5 Å². The van der Waals surface area contributed by atoms with Crippen LogP contribution in [0.4, 0.5) is 4.39 Å². The van der Waals surface area contributed by atoms with E-state index >= 15 is 0 Å². The number of piperidine rings is 4. The van der Waals surface area contributed by atoms with Gasteiger partial charge in [-0.3, -0.25) is 19.2 Å². The number of halogens is 1. The van der Waals surface area contributed by atoms with Gasteiger partial charge in [0.2, 0.25) is 23.5 Å². The zero-order valence-electron chi connectivity index (χ0n) is 64.8. The lowest BCUT2D eigenvalue weighted by molar-refractivity contribution is 0.0458. The van der Waals surface area contributed by atoms with Gasteiger partial charge in [0.1, 0.15) is 41.6 Å². The first-order chi connectivity index (χ1) is 56.4. The van der Waals surface area contributed by atoms with Crippen LogP contribution >= 0.6 is 0 Å². The Labute approximate surface area is 667 Å². The summed E-state index contributed by atoms with van der Waals surface area (Å²) in [4.78, 5) is 104. The van der Waals surface area contributed by atoms with Gasteiger partial charge in [0.05, 0.1) is 78.0 Å². The molecule has 116 heavy (non-hydrogen) atoms. The second-order valence-electron chi connectivity index (χ2n) is 31.0. The lowest BCUT2D eigenvalue weighted by atomic mass is 10.0. The predicted octanol–water partition coefficient (Wildman–Crippen LogP) is 10.4. The van der Waals surface area contributed by atoms with Crippen molar-refractivity contribution in [1.82, 2.24) is 109 Å². The molecule has 12 aromatic rings. The number of amides is 4. The molecule has 8 aliphatic rings. The summed E-state index contributed by atoms with van der Waals surface area (Å²) in [7, 11) is 0. The molecule has 20 rings (SSSR count). The number of hydrogen-bond acceptors (Lipinski definition) is 23. The van der Waals surface area contributed by atoms with Gasteiger partial charge < -0.3 is 38.5 Å². The first kappa shape index (κ1) is 75.5. The predicted molar refractivity (Wildman–Crippen MR) is 418 cm³/mol. The monoisotopic (exact) mass is 1560 g/mol. The molecule has 590 valence electrons. The number of aryl methyl sites for hydroxylation is 6. The van der Waals surface area contributed by atoms with Gasteiger partial charge in [-0.1, -0.05) is 30.3 Å². The van der Waals surface area contributed by atoms with Gasteiger partial charge in [-0.2, -0.15) is 30.6 Å². The molecule has 15 heterocycles. The Morgan fingerprint density at radius 2 is 0.741 bits per heavy atom. The molecule has 0 N–H and O–H groups in total. The molecular formula is C85H85FN22O8. The van der Waals surface area contributed by atoms with Crippen LogP contribution < -0.4 is 18.9 Å². The second kappa shape index (κ2) is 32.7. The molecule has 30 nitrogen and oxygen atoms in total. The standard InChI is InChI=1S/C23H21FN4O2.2C21H22N6O2.C20H20N6O2/c1-14-6-7-20(27-12-14)30-19-11-15-10-18(19)28(13-15)23(29)16-4-2-5-17(24)21(16)22-25-8-3-9-26-22;1-13-3-6-19(22-11-13)29-18-10-15-9-17(18)26(12-15)21(28)16-5-4-14(2)25-20(16)27-23-7-8-24-27;1-13-3-4-19(22-10-13)29-18-9-15-8-16(18)26(12-15)21(28)20-17(7-14(2)11-23-20)27-24-5-6-25-27;1-13-4-5-18(22-11-13)28-17-10-14-9-16(17)25(12-14)20(27)19-15(3-2-6-21-19)26-23-7-8-24-26/h2-9,12,15,18-19H,10-11,13H2,1H3;3-8,11,15,17-18H,9-10,12H2,1-2H3;3-7,10-11,15-16,18H,8-9,12H2,1-2H3;2-8,11,14,16-17H,9-10,12H2,1H3. The molecule has 4 aliphatic heterocycles. The van der Waals surface area contributed by atoms with Gasteiger partial charge >= 0.3 is 0 Å². The largest absolute Gasteiger partial charge is 0.472 e. The van der Waals surface area contributed by atoms with Crippen molar-refractivity contribution in [1.29, 1.82) is 0 Å². The number of hydrogen-bond donors (Lipinski definition) is 0. The number of fused-ring (bicyclic) bond motifs is 8. The van der Waals surface area contributed by atoms with Crippen LogP contribution in [0.15, 0.2) is 190 Å². The summed E-state index contributed by atoms with van der Waals surface area (Å²) in [5.74, 6) is 3.78. The maximum Gasteiger partial charge on any atom is 0.275 e. The van der Waals surface area contributed by atoms with Gasteiger partial charge in [-0.05, 0) is 193 Å². The summed E-state index contributed by atoms with van der Waals surface area (Å²) in [6, 6.07) is 30.8. The zero-order valence-corrected chi connectivity index (χ0v) is 64.8. The first-order valence-electron chi connectivity index (χ1n) is 39.1. The van der Waals surface area contributed by atoms with E-state index in [0.717, 1.165) is 105 Å². The molecule has 12 unspecified atom stereocenters. The number of nitrogens with zero attached hydrogens (tertiary/aromatic N) is 22. The average Bonchev–Trinajstić information content (AvgIpc) is 1.59. The van der Waals surface area contributed by atoms with Gasteiger partial charge in [0.25, 0.3) is 23.6 Å². The van der Waals surface area contributed by atoms with Crippen molar-refractivity contribution in [3.05, 3.63) is 252 Å². The minimum Gasteiger partial charge on any atom is -0.472 e. The topological polar surface area (TPSA) is 326 Å². The average molecular weight is 1560 g/mol. The fourth-order valence-corrected chi connectivity index (χ4v) is 17.4. The Balaban J connectivity index is 0.000000111. The Hall–Kier alpha value is -13.2. The Bertz CT molecular complexity index is 5320. The minimum atomic E-state index is -0.506. The molecule has 4 saturated carbocycles. The molecule has 8 bridgehead atoms. The van der Waals surface area contributed by atoms with Crippen LogP contribution in [0.2, 0.25) is 0 Å². The quantitative estimate of drug-likeness (QED) is 0.0867. The number of carbonyl (C=O) groups is 4. The number of ether oxygens (including phenoxy) is 4. The second-order valence-corrected chi connectivity index (χ2v) is 31.0. The first-order valence-corrected chi connectivity index (χ1v) is 39.1. The van der Waals surface area contributed by atoms with E-state index in [-0.39, 0.29) is 89.2 Å². The van der Waals surface area contributed by atoms with Gasteiger partial charge in [0.15, 0.2) is 23.0 Å². The van der Waals surface area contributed by atoms with Crippen molar-refractivity contribution in [2.24, 2.45) is 23.7 Å². The molecule has 4 aliphatic carbocycles. The van der Waals surface area contributed by atoms with Crippen LogP contribution in [0.5, 0.6) is 23.5 Å². The van der Waals surface area contributed by atoms with Gasteiger partial charge in [-0.25, -0.2) is 49.2 Å². The van der Waals surface area contributed by atoms with E-state index in [9.17, 15) is 23.6 Å². The van der Waals surface area contributed by atoms with E-state index in [2.05, 4.69) is 75.4 Å². The SMILES string of the molecule is Cc1ccc(OC2CC3CC2N(C(=O)c2ccc(C)nc2-n2nccn2)C3)nc1.Cc1ccc(OC2CC3CC2N(C(=O)c2cccc(F)c2-c2ncccn2)C3)nc1.Cc1ccc(OC2CC3CC2N(C(=O)c2ncc(C)cc2-n2nccn2)C3)nc1.Cc1ccc(OC2CC3CC2N(C(=O)c2ncccc2-n2nccn2)C3)nc1. The van der Waals surface area contributed by atoms with Crippen molar-refractivity contribution in [2.75, 3.05) is 26.2 Å². The highest BCUT2D eigenvalue weighted by molar-refractivity contribution is 6.01. The number of benzene rings is 1. The molecule has 11 aromatic heterocycles. The number of rotatable bonds is 16. The van der Waals surface area contributed by atoms with E-state index in [1.807, 2.05) is 128 Å². The fourth-order valence-electron chi connectivity index (χ4n) is 17.4. The van der Waals surface area contributed by atoms with Crippen molar-refractivity contribution in [3.8, 4) is 52.1 Å². The van der Waals surface area contributed by atoms with Crippen molar-refractivity contribution in [2.45, 2.75) is 141 Å². The summed E-state index contributed by atoms with van der Waals surface area (Å²) in [5.41, 5.74) is 8.92.